The van der Waals surface area contributed by atoms with Crippen LogP contribution in [0.3, 0.4) is 0 Å². The van der Waals surface area contributed by atoms with E-state index in [2.05, 4.69) is 46.1 Å². The van der Waals surface area contributed by atoms with Gasteiger partial charge < -0.3 is 10.5 Å². The van der Waals surface area contributed by atoms with Gasteiger partial charge in [-0.05, 0) is 36.9 Å². The number of nitrogen functional groups attached to an aromatic ring is 1. The minimum atomic E-state index is 0.624. The van der Waals surface area contributed by atoms with Crippen molar-refractivity contribution in [2.75, 3.05) is 25.9 Å². The number of rotatable bonds is 6. The summed E-state index contributed by atoms with van der Waals surface area (Å²) in [5, 5.41) is 0. The van der Waals surface area contributed by atoms with Gasteiger partial charge >= 0.3 is 0 Å². The first-order valence-corrected chi connectivity index (χ1v) is 7.35. The van der Waals surface area contributed by atoms with Crippen LogP contribution in [0.2, 0.25) is 0 Å². The maximum Gasteiger partial charge on any atom is 0.142 e. The molecule has 2 N–H and O–H groups in total. The van der Waals surface area contributed by atoms with E-state index in [0.717, 1.165) is 23.3 Å². The van der Waals surface area contributed by atoms with Crippen LogP contribution >= 0.6 is 15.9 Å². The molecule has 2 aromatic carbocycles. The van der Waals surface area contributed by atoms with E-state index in [9.17, 15) is 0 Å². The van der Waals surface area contributed by atoms with Crippen LogP contribution in [0.4, 0.5) is 5.69 Å². The second kappa shape index (κ2) is 7.31. The van der Waals surface area contributed by atoms with Crippen molar-refractivity contribution in [3.05, 3.63) is 58.6 Å². The van der Waals surface area contributed by atoms with Crippen molar-refractivity contribution >= 4 is 21.6 Å². The Kier molecular flexibility index (Phi) is 5.44. The summed E-state index contributed by atoms with van der Waals surface area (Å²) < 4.78 is 6.80. The fraction of sp³-hybridized carbons (Fsp3) is 0.250. The van der Waals surface area contributed by atoms with Gasteiger partial charge in [-0.1, -0.05) is 40.2 Å². The summed E-state index contributed by atoms with van der Waals surface area (Å²) in [6.45, 7) is 2.37. The smallest absolute Gasteiger partial charge is 0.142 e. The number of hydrogen-bond acceptors (Lipinski definition) is 3. The lowest BCUT2D eigenvalue weighted by atomic mass is 10.2. The number of hydrogen-bond donors (Lipinski definition) is 1. The zero-order valence-corrected chi connectivity index (χ0v) is 13.1. The Balaban J connectivity index is 1.78. The number of anilines is 1. The maximum atomic E-state index is 5.83. The van der Waals surface area contributed by atoms with Gasteiger partial charge in [0.2, 0.25) is 0 Å². The van der Waals surface area contributed by atoms with Crippen molar-refractivity contribution in [2.24, 2.45) is 0 Å². The zero-order valence-electron chi connectivity index (χ0n) is 11.6. The molecule has 0 aromatic heterocycles. The molecule has 106 valence electrons. The van der Waals surface area contributed by atoms with Crippen LogP contribution in [0, 0.1) is 0 Å². The summed E-state index contributed by atoms with van der Waals surface area (Å²) in [5.41, 5.74) is 7.80. The first kappa shape index (κ1) is 14.9. The molecule has 0 spiro atoms. The van der Waals surface area contributed by atoms with Gasteiger partial charge in [-0.3, -0.25) is 4.90 Å². The van der Waals surface area contributed by atoms with Gasteiger partial charge in [-0.25, -0.2) is 0 Å². The molecule has 4 heteroatoms. The summed E-state index contributed by atoms with van der Waals surface area (Å²) in [6, 6.07) is 15.9. The molecule has 2 aromatic rings. The molecule has 0 heterocycles. The molecular weight excluding hydrogens is 316 g/mol. The summed E-state index contributed by atoms with van der Waals surface area (Å²) in [5.74, 6) is 0.753. The zero-order chi connectivity index (χ0) is 14.4. The Morgan fingerprint density at radius 2 is 1.95 bits per heavy atom. The standard InChI is InChI=1S/C16H19BrN2O/c1-19(12-13-5-4-6-14(17)11-13)9-10-20-16-8-3-2-7-15(16)18/h2-8,11H,9-10,12,18H2,1H3. The number of ether oxygens (including phenoxy) is 1. The van der Waals surface area contributed by atoms with Gasteiger partial charge in [-0.2, -0.15) is 0 Å². The van der Waals surface area contributed by atoms with E-state index in [4.69, 9.17) is 10.5 Å². The Bertz CT molecular complexity index is 560. The molecule has 0 radical (unpaired) electrons. The SMILES string of the molecule is CN(CCOc1ccccc1N)Cc1cccc(Br)c1. The Morgan fingerprint density at radius 1 is 1.15 bits per heavy atom. The lowest BCUT2D eigenvalue weighted by Gasteiger charge is -2.17. The molecule has 20 heavy (non-hydrogen) atoms. The van der Waals surface area contributed by atoms with E-state index in [0.29, 0.717) is 12.3 Å². The van der Waals surface area contributed by atoms with Crippen molar-refractivity contribution < 1.29 is 4.74 Å². The van der Waals surface area contributed by atoms with Crippen LogP contribution in [-0.4, -0.2) is 25.1 Å². The Morgan fingerprint density at radius 3 is 2.70 bits per heavy atom. The molecule has 0 unspecified atom stereocenters. The number of para-hydroxylation sites is 2. The summed E-state index contributed by atoms with van der Waals surface area (Å²) in [4.78, 5) is 2.22. The van der Waals surface area contributed by atoms with Crippen LogP contribution in [0.1, 0.15) is 5.56 Å². The molecule has 0 fully saturated rings. The van der Waals surface area contributed by atoms with Gasteiger partial charge in [0.25, 0.3) is 0 Å². The highest BCUT2D eigenvalue weighted by atomic mass is 79.9. The molecule has 0 amide bonds. The lowest BCUT2D eigenvalue weighted by Crippen LogP contribution is -2.24. The molecule has 0 aliphatic heterocycles. The normalized spacial score (nSPS) is 10.8. The van der Waals surface area contributed by atoms with Gasteiger partial charge in [0.15, 0.2) is 0 Å². The predicted octanol–water partition coefficient (Wildman–Crippen LogP) is 3.54. The molecule has 2 rings (SSSR count). The first-order chi connectivity index (χ1) is 9.65. The van der Waals surface area contributed by atoms with Crippen LogP contribution in [0.25, 0.3) is 0 Å². The second-order valence-corrected chi connectivity index (χ2v) is 5.67. The monoisotopic (exact) mass is 334 g/mol. The van der Waals surface area contributed by atoms with Crippen molar-refractivity contribution in [2.45, 2.75) is 6.54 Å². The third kappa shape index (κ3) is 4.54. The quantitative estimate of drug-likeness (QED) is 0.821. The summed E-state index contributed by atoms with van der Waals surface area (Å²) in [6.07, 6.45) is 0. The van der Waals surface area contributed by atoms with Crippen LogP contribution in [0.15, 0.2) is 53.0 Å². The van der Waals surface area contributed by atoms with Crippen LogP contribution in [0.5, 0.6) is 5.75 Å². The molecule has 0 aliphatic rings. The number of likely N-dealkylation sites (N-methyl/N-ethyl adjacent to an activating group) is 1. The van der Waals surface area contributed by atoms with Gasteiger partial charge in [-0.15, -0.1) is 0 Å². The molecule has 0 bridgehead atoms. The number of halogens is 1. The lowest BCUT2D eigenvalue weighted by molar-refractivity contribution is 0.233. The largest absolute Gasteiger partial charge is 0.490 e. The van der Waals surface area contributed by atoms with Crippen LogP contribution in [-0.2, 0) is 6.54 Å². The Labute approximate surface area is 128 Å². The predicted molar refractivity (Wildman–Crippen MR) is 86.8 cm³/mol. The molecule has 0 atom stereocenters. The topological polar surface area (TPSA) is 38.5 Å². The highest BCUT2D eigenvalue weighted by molar-refractivity contribution is 9.10. The van der Waals surface area contributed by atoms with E-state index in [1.165, 1.54) is 5.56 Å². The maximum absolute atomic E-state index is 5.83. The van der Waals surface area contributed by atoms with E-state index in [1.807, 2.05) is 30.3 Å². The molecular formula is C16H19BrN2O. The summed E-state index contributed by atoms with van der Waals surface area (Å²) in [7, 11) is 2.08. The van der Waals surface area contributed by atoms with Crippen LogP contribution < -0.4 is 10.5 Å². The average molecular weight is 335 g/mol. The van der Waals surface area contributed by atoms with E-state index in [1.54, 1.807) is 0 Å². The molecule has 3 nitrogen and oxygen atoms in total. The fourth-order valence-electron chi connectivity index (χ4n) is 1.95. The van der Waals surface area contributed by atoms with Crippen molar-refractivity contribution in [1.29, 1.82) is 0 Å². The second-order valence-electron chi connectivity index (χ2n) is 4.75. The third-order valence-electron chi connectivity index (χ3n) is 2.99. The van der Waals surface area contributed by atoms with Gasteiger partial charge in [0.05, 0.1) is 5.69 Å². The number of nitrogens with two attached hydrogens (primary N) is 1. The van der Waals surface area contributed by atoms with E-state index < -0.39 is 0 Å². The third-order valence-corrected chi connectivity index (χ3v) is 3.48. The van der Waals surface area contributed by atoms with Crippen molar-refractivity contribution in [3.63, 3.8) is 0 Å². The van der Waals surface area contributed by atoms with Crippen molar-refractivity contribution in [3.8, 4) is 5.75 Å². The van der Waals surface area contributed by atoms with Gasteiger partial charge in [0, 0.05) is 17.6 Å². The highest BCUT2D eigenvalue weighted by Crippen LogP contribution is 2.19. The summed E-state index contributed by atoms with van der Waals surface area (Å²) >= 11 is 3.49. The number of nitrogens with zero attached hydrogens (tertiary/aromatic N) is 1. The van der Waals surface area contributed by atoms with E-state index >= 15 is 0 Å². The molecule has 0 saturated carbocycles. The molecule has 0 aliphatic carbocycles. The fourth-order valence-corrected chi connectivity index (χ4v) is 2.40. The first-order valence-electron chi connectivity index (χ1n) is 6.55. The Hall–Kier alpha value is -1.52. The molecule has 0 saturated heterocycles. The minimum Gasteiger partial charge on any atom is -0.490 e. The van der Waals surface area contributed by atoms with Gasteiger partial charge in [0.1, 0.15) is 12.4 Å². The number of benzene rings is 2. The van der Waals surface area contributed by atoms with E-state index in [-0.39, 0.29) is 0 Å². The average Bonchev–Trinajstić information content (AvgIpc) is 2.41. The highest BCUT2D eigenvalue weighted by Gasteiger charge is 2.03. The minimum absolute atomic E-state index is 0.624. The van der Waals surface area contributed by atoms with Crippen molar-refractivity contribution in [1.82, 2.24) is 4.90 Å².